The molecular weight excluding hydrogens is 350 g/mol. The van der Waals surface area contributed by atoms with Crippen molar-refractivity contribution in [3.8, 4) is 0 Å². The highest BCUT2D eigenvalue weighted by Gasteiger charge is 2.22. The number of amides is 1. The molecule has 1 fully saturated rings. The molecule has 0 unspecified atom stereocenters. The lowest BCUT2D eigenvalue weighted by atomic mass is 9.90. The third kappa shape index (κ3) is 4.16. The van der Waals surface area contributed by atoms with Crippen LogP contribution in [0.3, 0.4) is 0 Å². The van der Waals surface area contributed by atoms with Crippen LogP contribution < -0.4 is 5.32 Å². The molecule has 2 aromatic heterocycles. The van der Waals surface area contributed by atoms with Gasteiger partial charge in [-0.05, 0) is 37.7 Å². The van der Waals surface area contributed by atoms with Crippen molar-refractivity contribution in [2.45, 2.75) is 32.6 Å². The van der Waals surface area contributed by atoms with Gasteiger partial charge in [0.1, 0.15) is 5.82 Å². The van der Waals surface area contributed by atoms with Crippen molar-refractivity contribution in [1.82, 2.24) is 19.3 Å². The number of hydrogen-bond acceptors (Lipinski definition) is 4. The molecule has 0 bridgehead atoms. The maximum Gasteiger partial charge on any atom is 0.224 e. The standard InChI is InChI=1S/C22H27N5O/c1-17-22(27-14-11-23-16-20(27)25-17)24-10-7-21(28)26-12-8-19(9-13-26)15-18-5-3-2-4-6-18/h2-6,11,14,16,19,24H,7-10,12-13,15H2,1H3. The second-order valence-electron chi connectivity index (χ2n) is 7.54. The molecule has 0 aliphatic carbocycles. The smallest absolute Gasteiger partial charge is 0.224 e. The van der Waals surface area contributed by atoms with Gasteiger partial charge in [0, 0.05) is 38.4 Å². The molecule has 1 aliphatic rings. The van der Waals surface area contributed by atoms with E-state index in [-0.39, 0.29) is 5.91 Å². The minimum absolute atomic E-state index is 0.235. The Bertz CT molecular complexity index is 929. The van der Waals surface area contributed by atoms with E-state index in [0.29, 0.717) is 18.9 Å². The Morgan fingerprint density at radius 2 is 2.00 bits per heavy atom. The minimum Gasteiger partial charge on any atom is -0.369 e. The zero-order chi connectivity index (χ0) is 19.3. The summed E-state index contributed by atoms with van der Waals surface area (Å²) in [5.41, 5.74) is 3.13. The van der Waals surface area contributed by atoms with Crippen molar-refractivity contribution >= 4 is 17.4 Å². The number of piperidine rings is 1. The summed E-state index contributed by atoms with van der Waals surface area (Å²) in [6, 6.07) is 10.7. The Hall–Kier alpha value is -2.89. The molecule has 1 amide bonds. The van der Waals surface area contributed by atoms with E-state index in [4.69, 9.17) is 0 Å². The molecule has 0 saturated carbocycles. The van der Waals surface area contributed by atoms with Gasteiger partial charge in [-0.3, -0.25) is 14.2 Å². The number of anilines is 1. The molecule has 1 aliphatic heterocycles. The fourth-order valence-electron chi connectivity index (χ4n) is 4.02. The van der Waals surface area contributed by atoms with Crippen LogP contribution in [0.5, 0.6) is 0 Å². The fourth-order valence-corrected chi connectivity index (χ4v) is 4.02. The van der Waals surface area contributed by atoms with Crippen molar-refractivity contribution in [3.63, 3.8) is 0 Å². The van der Waals surface area contributed by atoms with Crippen LogP contribution in [0.2, 0.25) is 0 Å². The lowest BCUT2D eigenvalue weighted by Crippen LogP contribution is -2.39. The Labute approximate surface area is 165 Å². The lowest BCUT2D eigenvalue weighted by molar-refractivity contribution is -0.132. The predicted molar refractivity (Wildman–Crippen MR) is 110 cm³/mol. The van der Waals surface area contributed by atoms with E-state index < -0.39 is 0 Å². The number of hydrogen-bond donors (Lipinski definition) is 1. The highest BCUT2D eigenvalue weighted by Crippen LogP contribution is 2.22. The van der Waals surface area contributed by atoms with E-state index in [1.807, 2.05) is 22.4 Å². The summed E-state index contributed by atoms with van der Waals surface area (Å²) in [7, 11) is 0. The summed E-state index contributed by atoms with van der Waals surface area (Å²) in [5.74, 6) is 1.85. The van der Waals surface area contributed by atoms with Crippen LogP contribution in [-0.4, -0.2) is 44.8 Å². The number of aromatic nitrogens is 3. The number of fused-ring (bicyclic) bond motifs is 1. The maximum absolute atomic E-state index is 12.6. The SMILES string of the molecule is Cc1nc2cnccn2c1NCCC(=O)N1CCC(Cc2ccccc2)CC1. The summed E-state index contributed by atoms with van der Waals surface area (Å²) >= 11 is 0. The average Bonchev–Trinajstić information content (AvgIpc) is 3.04. The van der Waals surface area contributed by atoms with Crippen molar-refractivity contribution in [1.29, 1.82) is 0 Å². The minimum atomic E-state index is 0.235. The largest absolute Gasteiger partial charge is 0.369 e. The summed E-state index contributed by atoms with van der Waals surface area (Å²) in [4.78, 5) is 23.2. The van der Waals surface area contributed by atoms with Crippen LogP contribution in [0, 0.1) is 12.8 Å². The fraction of sp³-hybridized carbons (Fsp3) is 0.409. The van der Waals surface area contributed by atoms with Gasteiger partial charge in [-0.1, -0.05) is 30.3 Å². The molecule has 0 radical (unpaired) electrons. The molecule has 1 aromatic carbocycles. The molecule has 0 atom stereocenters. The van der Waals surface area contributed by atoms with Crippen LogP contribution in [0.4, 0.5) is 5.82 Å². The van der Waals surface area contributed by atoms with Crippen molar-refractivity contribution < 1.29 is 4.79 Å². The first-order chi connectivity index (χ1) is 13.7. The zero-order valence-corrected chi connectivity index (χ0v) is 16.3. The van der Waals surface area contributed by atoms with Crippen LogP contribution in [0.15, 0.2) is 48.9 Å². The topological polar surface area (TPSA) is 62.5 Å². The van der Waals surface area contributed by atoms with Crippen molar-refractivity contribution in [2.24, 2.45) is 5.92 Å². The molecule has 4 rings (SSSR count). The maximum atomic E-state index is 12.6. The van der Waals surface area contributed by atoms with Gasteiger partial charge in [0.05, 0.1) is 11.9 Å². The second kappa shape index (κ2) is 8.42. The molecule has 3 aromatic rings. The number of imidazole rings is 1. The molecule has 1 N–H and O–H groups in total. The number of nitrogens with zero attached hydrogens (tertiary/aromatic N) is 4. The summed E-state index contributed by atoms with van der Waals surface area (Å²) in [5, 5.41) is 3.37. The molecule has 28 heavy (non-hydrogen) atoms. The predicted octanol–water partition coefficient (Wildman–Crippen LogP) is 3.32. The number of nitrogens with one attached hydrogen (secondary N) is 1. The summed E-state index contributed by atoms with van der Waals surface area (Å²) in [6.07, 6.45) is 9.17. The first-order valence-corrected chi connectivity index (χ1v) is 10.0. The van der Waals surface area contributed by atoms with Crippen molar-refractivity contribution in [2.75, 3.05) is 25.0 Å². The molecule has 146 valence electrons. The quantitative estimate of drug-likeness (QED) is 0.716. The Kier molecular flexibility index (Phi) is 5.55. The molecule has 6 nitrogen and oxygen atoms in total. The van der Waals surface area contributed by atoms with Gasteiger partial charge < -0.3 is 10.2 Å². The number of rotatable bonds is 6. The third-order valence-electron chi connectivity index (χ3n) is 5.57. The van der Waals surface area contributed by atoms with Gasteiger partial charge >= 0.3 is 0 Å². The van der Waals surface area contributed by atoms with Crippen LogP contribution in [0.1, 0.15) is 30.5 Å². The van der Waals surface area contributed by atoms with Gasteiger partial charge in [-0.25, -0.2) is 4.98 Å². The van der Waals surface area contributed by atoms with E-state index in [1.54, 1.807) is 12.4 Å². The van der Waals surface area contributed by atoms with E-state index >= 15 is 0 Å². The van der Waals surface area contributed by atoms with E-state index in [9.17, 15) is 4.79 Å². The first kappa shape index (κ1) is 18.5. The Morgan fingerprint density at radius 1 is 1.21 bits per heavy atom. The Balaban J connectivity index is 1.24. The number of carbonyl (C=O) groups excluding carboxylic acids is 1. The van der Waals surface area contributed by atoms with Crippen LogP contribution in [0.25, 0.3) is 5.65 Å². The molecule has 6 heteroatoms. The average molecular weight is 377 g/mol. The molecular formula is C22H27N5O. The van der Waals surface area contributed by atoms with Gasteiger partial charge in [0.15, 0.2) is 5.65 Å². The summed E-state index contributed by atoms with van der Waals surface area (Å²) in [6.45, 7) is 4.32. The van der Waals surface area contributed by atoms with E-state index in [1.165, 1.54) is 5.56 Å². The lowest BCUT2D eigenvalue weighted by Gasteiger charge is -2.32. The van der Waals surface area contributed by atoms with Crippen LogP contribution >= 0.6 is 0 Å². The number of likely N-dealkylation sites (tertiary alicyclic amines) is 1. The van der Waals surface area contributed by atoms with Gasteiger partial charge in [0.25, 0.3) is 0 Å². The zero-order valence-electron chi connectivity index (χ0n) is 16.3. The Morgan fingerprint density at radius 3 is 2.79 bits per heavy atom. The van der Waals surface area contributed by atoms with Crippen molar-refractivity contribution in [3.05, 3.63) is 60.2 Å². The van der Waals surface area contributed by atoms with Gasteiger partial charge in [-0.2, -0.15) is 0 Å². The van der Waals surface area contributed by atoms with Crippen LogP contribution in [-0.2, 0) is 11.2 Å². The number of aryl methyl sites for hydroxylation is 1. The number of benzene rings is 1. The highest BCUT2D eigenvalue weighted by molar-refractivity contribution is 5.76. The van der Waals surface area contributed by atoms with E-state index in [2.05, 4.69) is 45.6 Å². The molecule has 1 saturated heterocycles. The number of carbonyl (C=O) groups is 1. The highest BCUT2D eigenvalue weighted by atomic mass is 16.2. The first-order valence-electron chi connectivity index (χ1n) is 10.0. The summed E-state index contributed by atoms with van der Waals surface area (Å²) < 4.78 is 1.97. The van der Waals surface area contributed by atoms with E-state index in [0.717, 1.165) is 49.5 Å². The van der Waals surface area contributed by atoms with Gasteiger partial charge in [-0.15, -0.1) is 0 Å². The normalized spacial score (nSPS) is 15.1. The molecule has 3 heterocycles. The molecule has 0 spiro atoms. The van der Waals surface area contributed by atoms with Gasteiger partial charge in [0.2, 0.25) is 5.91 Å². The third-order valence-corrected chi connectivity index (χ3v) is 5.57. The monoisotopic (exact) mass is 377 g/mol. The second-order valence-corrected chi connectivity index (χ2v) is 7.54.